The van der Waals surface area contributed by atoms with Crippen LogP contribution in [0.15, 0.2) is 16.6 Å². The Morgan fingerprint density at radius 2 is 1.90 bits per heavy atom. The third kappa shape index (κ3) is 3.04. The molecule has 0 spiro atoms. The largest absolute Gasteiger partial charge is 0.365 e. The number of anilines is 1. The Hall–Kier alpha value is -0.540. The molecule has 1 aromatic carbocycles. The Kier molecular flexibility index (Phi) is 4.80. The van der Waals surface area contributed by atoms with Crippen LogP contribution >= 0.6 is 15.9 Å². The van der Waals surface area contributed by atoms with Gasteiger partial charge in [0.15, 0.2) is 0 Å². The van der Waals surface area contributed by atoms with Crippen LogP contribution in [0, 0.1) is 13.8 Å². The summed E-state index contributed by atoms with van der Waals surface area (Å²) >= 11 is 3.61. The fourth-order valence-electron chi connectivity index (χ4n) is 3.25. The molecule has 2 rings (SSSR count). The fourth-order valence-corrected chi connectivity index (χ4v) is 3.94. The van der Waals surface area contributed by atoms with Gasteiger partial charge in [0.05, 0.1) is 0 Å². The Morgan fingerprint density at radius 3 is 2.40 bits per heavy atom. The summed E-state index contributed by atoms with van der Waals surface area (Å²) in [5.41, 5.74) is 4.39. The highest BCUT2D eigenvalue weighted by Gasteiger charge is 2.34. The van der Waals surface area contributed by atoms with E-state index >= 15 is 0 Å². The number of hydrogen-bond donors (Lipinski definition) is 1. The molecule has 20 heavy (non-hydrogen) atoms. The molecule has 1 heterocycles. The first kappa shape index (κ1) is 15.8. The third-order valence-electron chi connectivity index (χ3n) is 4.72. The predicted octanol–water partition coefficient (Wildman–Crippen LogP) is 4.42. The molecular formula is C17H27BrN2. The van der Waals surface area contributed by atoms with Crippen LogP contribution in [0.5, 0.6) is 0 Å². The Morgan fingerprint density at radius 1 is 1.30 bits per heavy atom. The van der Waals surface area contributed by atoms with Crippen molar-refractivity contribution in [3.63, 3.8) is 0 Å². The topological polar surface area (TPSA) is 15.3 Å². The number of piperazine rings is 1. The smallest absolute Gasteiger partial charge is 0.0430 e. The maximum Gasteiger partial charge on any atom is 0.0430 e. The molecule has 1 aliphatic heterocycles. The van der Waals surface area contributed by atoms with Gasteiger partial charge in [-0.05, 0) is 56.9 Å². The molecule has 1 fully saturated rings. The lowest BCUT2D eigenvalue weighted by atomic mass is 9.91. The highest BCUT2D eigenvalue weighted by molar-refractivity contribution is 9.10. The number of halogens is 1. The van der Waals surface area contributed by atoms with E-state index in [0.29, 0.717) is 6.04 Å². The van der Waals surface area contributed by atoms with Crippen LogP contribution in [0.25, 0.3) is 0 Å². The number of nitrogens with one attached hydrogen (secondary N) is 1. The van der Waals surface area contributed by atoms with Crippen LogP contribution in [0.2, 0.25) is 0 Å². The first-order chi connectivity index (χ1) is 9.40. The molecule has 3 heteroatoms. The SMILES string of the molecule is CCC1CNC(C)(CC)CN1c1c(C)cc(Br)cc1C. The van der Waals surface area contributed by atoms with Crippen molar-refractivity contribution < 1.29 is 0 Å². The molecule has 1 saturated heterocycles. The van der Waals surface area contributed by atoms with E-state index < -0.39 is 0 Å². The lowest BCUT2D eigenvalue weighted by Gasteiger charge is -2.48. The molecule has 0 radical (unpaired) electrons. The van der Waals surface area contributed by atoms with Crippen LogP contribution in [0.1, 0.15) is 44.7 Å². The van der Waals surface area contributed by atoms with Gasteiger partial charge in [0.2, 0.25) is 0 Å². The van der Waals surface area contributed by atoms with Gasteiger partial charge in [0, 0.05) is 34.8 Å². The lowest BCUT2D eigenvalue weighted by Crippen LogP contribution is -2.63. The van der Waals surface area contributed by atoms with Gasteiger partial charge in [-0.3, -0.25) is 0 Å². The van der Waals surface area contributed by atoms with Crippen molar-refractivity contribution in [2.45, 2.75) is 59.0 Å². The number of benzene rings is 1. The minimum absolute atomic E-state index is 0.220. The maximum absolute atomic E-state index is 3.75. The van der Waals surface area contributed by atoms with Crippen LogP contribution in [0.3, 0.4) is 0 Å². The second-order valence-electron chi connectivity index (χ2n) is 6.37. The van der Waals surface area contributed by atoms with Gasteiger partial charge in [0.25, 0.3) is 0 Å². The molecule has 0 saturated carbocycles. The average molecular weight is 339 g/mol. The highest BCUT2D eigenvalue weighted by atomic mass is 79.9. The molecule has 1 N–H and O–H groups in total. The van der Waals surface area contributed by atoms with Crippen LogP contribution in [-0.2, 0) is 0 Å². The maximum atomic E-state index is 3.75. The molecule has 0 amide bonds. The standard InChI is InChI=1S/C17H27BrN2/c1-6-15-10-19-17(5,7-2)11-20(15)16-12(3)8-14(18)9-13(16)4/h8-9,15,19H,6-7,10-11H2,1-5H3. The van der Waals surface area contributed by atoms with Crippen molar-refractivity contribution in [2.75, 3.05) is 18.0 Å². The summed E-state index contributed by atoms with van der Waals surface area (Å²) < 4.78 is 1.18. The summed E-state index contributed by atoms with van der Waals surface area (Å²) in [6.45, 7) is 13.5. The molecular weight excluding hydrogens is 312 g/mol. The van der Waals surface area contributed by atoms with E-state index in [-0.39, 0.29) is 5.54 Å². The summed E-state index contributed by atoms with van der Waals surface area (Å²) in [6, 6.07) is 5.06. The van der Waals surface area contributed by atoms with Gasteiger partial charge in [-0.1, -0.05) is 29.8 Å². The zero-order valence-corrected chi connectivity index (χ0v) is 15.0. The van der Waals surface area contributed by atoms with E-state index in [4.69, 9.17) is 0 Å². The molecule has 1 aromatic rings. The predicted molar refractivity (Wildman–Crippen MR) is 91.7 cm³/mol. The Labute approximate surface area is 132 Å². The monoisotopic (exact) mass is 338 g/mol. The molecule has 0 aromatic heterocycles. The van der Waals surface area contributed by atoms with E-state index in [2.05, 4.69) is 72.9 Å². The highest BCUT2D eigenvalue weighted by Crippen LogP contribution is 2.33. The summed E-state index contributed by atoms with van der Waals surface area (Å²) in [5, 5.41) is 3.75. The summed E-state index contributed by atoms with van der Waals surface area (Å²) in [7, 11) is 0. The van der Waals surface area contributed by atoms with Gasteiger partial charge < -0.3 is 10.2 Å². The minimum Gasteiger partial charge on any atom is -0.365 e. The number of aryl methyl sites for hydroxylation is 2. The van der Waals surface area contributed by atoms with Gasteiger partial charge in [0.1, 0.15) is 0 Å². The number of nitrogens with zero attached hydrogens (tertiary/aromatic N) is 1. The average Bonchev–Trinajstić information content (AvgIpc) is 2.38. The van der Waals surface area contributed by atoms with Crippen LogP contribution in [-0.4, -0.2) is 24.7 Å². The van der Waals surface area contributed by atoms with Gasteiger partial charge in [-0.15, -0.1) is 0 Å². The van der Waals surface area contributed by atoms with Crippen molar-refractivity contribution in [3.05, 3.63) is 27.7 Å². The fraction of sp³-hybridized carbons (Fsp3) is 0.647. The van der Waals surface area contributed by atoms with E-state index in [1.807, 2.05) is 0 Å². The third-order valence-corrected chi connectivity index (χ3v) is 5.18. The molecule has 112 valence electrons. The van der Waals surface area contributed by atoms with E-state index in [9.17, 15) is 0 Å². The van der Waals surface area contributed by atoms with Gasteiger partial charge in [-0.25, -0.2) is 0 Å². The molecule has 2 unspecified atom stereocenters. The normalized spacial score (nSPS) is 26.9. The number of rotatable bonds is 3. The van der Waals surface area contributed by atoms with Crippen LogP contribution < -0.4 is 10.2 Å². The van der Waals surface area contributed by atoms with E-state index in [1.54, 1.807) is 0 Å². The van der Waals surface area contributed by atoms with Crippen LogP contribution in [0.4, 0.5) is 5.69 Å². The summed E-state index contributed by atoms with van der Waals surface area (Å²) in [4.78, 5) is 2.64. The second-order valence-corrected chi connectivity index (χ2v) is 7.29. The number of hydrogen-bond acceptors (Lipinski definition) is 2. The quantitative estimate of drug-likeness (QED) is 0.877. The van der Waals surface area contributed by atoms with E-state index in [0.717, 1.165) is 19.5 Å². The summed E-state index contributed by atoms with van der Waals surface area (Å²) in [5.74, 6) is 0. The first-order valence-corrected chi connectivity index (χ1v) is 8.48. The van der Waals surface area contributed by atoms with Crippen molar-refractivity contribution >= 4 is 21.6 Å². The zero-order valence-electron chi connectivity index (χ0n) is 13.4. The lowest BCUT2D eigenvalue weighted by molar-refractivity contribution is 0.275. The molecule has 2 atom stereocenters. The van der Waals surface area contributed by atoms with Crippen molar-refractivity contribution in [2.24, 2.45) is 0 Å². The van der Waals surface area contributed by atoms with Crippen molar-refractivity contribution in [1.82, 2.24) is 5.32 Å². The minimum atomic E-state index is 0.220. The second kappa shape index (κ2) is 6.07. The van der Waals surface area contributed by atoms with Gasteiger partial charge >= 0.3 is 0 Å². The molecule has 0 bridgehead atoms. The zero-order chi connectivity index (χ0) is 14.9. The first-order valence-electron chi connectivity index (χ1n) is 7.68. The summed E-state index contributed by atoms with van der Waals surface area (Å²) in [6.07, 6.45) is 2.34. The Balaban J connectivity index is 2.42. The molecule has 2 nitrogen and oxygen atoms in total. The molecule has 0 aliphatic carbocycles. The van der Waals surface area contributed by atoms with Crippen molar-refractivity contribution in [1.29, 1.82) is 0 Å². The van der Waals surface area contributed by atoms with Gasteiger partial charge in [-0.2, -0.15) is 0 Å². The van der Waals surface area contributed by atoms with E-state index in [1.165, 1.54) is 27.7 Å². The Bertz CT molecular complexity index is 463. The van der Waals surface area contributed by atoms with Crippen molar-refractivity contribution in [3.8, 4) is 0 Å². The molecule has 1 aliphatic rings.